The minimum Gasteiger partial charge on any atom is -0.393 e. The van der Waals surface area contributed by atoms with Crippen LogP contribution in [0.25, 0.3) is 0 Å². The van der Waals surface area contributed by atoms with Gasteiger partial charge in [0.25, 0.3) is 0 Å². The first-order valence-electron chi connectivity index (χ1n) is 10.1. The zero-order chi connectivity index (χ0) is 19.7. The van der Waals surface area contributed by atoms with Crippen molar-refractivity contribution in [2.24, 2.45) is 7.05 Å². The Morgan fingerprint density at radius 3 is 2.68 bits per heavy atom. The number of hydrogen-bond acceptors (Lipinski definition) is 8. The Balaban J connectivity index is 1.46. The summed E-state index contributed by atoms with van der Waals surface area (Å²) in [6.45, 7) is 6.38. The van der Waals surface area contributed by atoms with E-state index in [0.29, 0.717) is 11.9 Å². The number of nitrogens with zero attached hydrogens (tertiary/aromatic N) is 7. The molecule has 0 spiro atoms. The third-order valence-electron chi connectivity index (χ3n) is 5.89. The monoisotopic (exact) mass is 386 g/mol. The number of anilines is 2. The molecule has 2 aliphatic heterocycles. The van der Waals surface area contributed by atoms with Crippen LogP contribution in [0.15, 0.2) is 6.07 Å². The highest BCUT2D eigenvalue weighted by Gasteiger charge is 2.28. The van der Waals surface area contributed by atoms with E-state index in [9.17, 15) is 5.11 Å². The fraction of sp³-hybridized carbons (Fsp3) is 0.684. The second-order valence-corrected chi connectivity index (χ2v) is 8.05. The highest BCUT2D eigenvalue weighted by Crippen LogP contribution is 2.29. The Hall–Kier alpha value is -2.26. The summed E-state index contributed by atoms with van der Waals surface area (Å²) in [4.78, 5) is 13.2. The number of rotatable bonds is 4. The number of aryl methyl sites for hydroxylation is 1. The Bertz CT molecular complexity index is 794. The molecular formula is C19H30N8O. The van der Waals surface area contributed by atoms with Gasteiger partial charge in [-0.05, 0) is 32.6 Å². The van der Waals surface area contributed by atoms with E-state index in [1.807, 2.05) is 13.0 Å². The lowest BCUT2D eigenvalue weighted by Gasteiger charge is -2.33. The van der Waals surface area contributed by atoms with Crippen molar-refractivity contribution >= 4 is 11.8 Å². The fourth-order valence-electron chi connectivity index (χ4n) is 4.28. The summed E-state index contributed by atoms with van der Waals surface area (Å²) >= 11 is 0. The molecule has 9 heteroatoms. The van der Waals surface area contributed by atoms with Gasteiger partial charge in [-0.3, -0.25) is 4.90 Å². The van der Waals surface area contributed by atoms with E-state index in [2.05, 4.69) is 41.6 Å². The number of hydrogen-bond donors (Lipinski definition) is 2. The minimum atomic E-state index is -0.154. The van der Waals surface area contributed by atoms with E-state index in [-0.39, 0.29) is 6.10 Å². The molecule has 9 nitrogen and oxygen atoms in total. The zero-order valence-corrected chi connectivity index (χ0v) is 16.8. The van der Waals surface area contributed by atoms with Crippen molar-refractivity contribution in [1.29, 1.82) is 0 Å². The predicted octanol–water partition coefficient (Wildman–Crippen LogP) is 0.836. The molecule has 0 unspecified atom stereocenters. The molecule has 0 saturated carbocycles. The topological polar surface area (TPSA) is 109 Å². The first-order chi connectivity index (χ1) is 13.5. The van der Waals surface area contributed by atoms with Crippen LogP contribution >= 0.6 is 0 Å². The maximum atomic E-state index is 9.69. The Morgan fingerprint density at radius 2 is 1.93 bits per heavy atom. The summed E-state index contributed by atoms with van der Waals surface area (Å²) in [7, 11) is 2.06. The first-order valence-corrected chi connectivity index (χ1v) is 10.1. The smallest absolute Gasteiger partial charge is 0.222 e. The van der Waals surface area contributed by atoms with Crippen LogP contribution in [0.5, 0.6) is 0 Å². The second kappa shape index (κ2) is 8.00. The van der Waals surface area contributed by atoms with Crippen LogP contribution in [0.1, 0.15) is 48.9 Å². The fourth-order valence-corrected chi connectivity index (χ4v) is 4.28. The van der Waals surface area contributed by atoms with Crippen LogP contribution in [-0.2, 0) is 13.6 Å². The lowest BCUT2D eigenvalue weighted by molar-refractivity contribution is 0.0775. The standard InChI is InChI=1S/C19H30N8O/c1-13-10-16(22-19(20)21-13)27-7-3-4-14(11-27)18-24-23-17(25(18)2)12-26-8-5-15(28)6-9-26/h10,14-15,28H,3-9,11-12H2,1-2H3,(H2,20,21,22)/t14-/m1/s1. The zero-order valence-electron chi connectivity index (χ0n) is 16.8. The quantitative estimate of drug-likeness (QED) is 0.795. The molecule has 2 aromatic rings. The molecule has 2 aromatic heterocycles. The van der Waals surface area contributed by atoms with Gasteiger partial charge in [0.05, 0.1) is 12.6 Å². The van der Waals surface area contributed by atoms with Crippen LogP contribution in [0, 0.1) is 6.92 Å². The second-order valence-electron chi connectivity index (χ2n) is 8.05. The van der Waals surface area contributed by atoms with Crippen molar-refractivity contribution in [2.45, 2.75) is 51.2 Å². The molecular weight excluding hydrogens is 356 g/mol. The van der Waals surface area contributed by atoms with Gasteiger partial charge in [0, 0.05) is 50.9 Å². The Morgan fingerprint density at radius 1 is 1.14 bits per heavy atom. The summed E-state index contributed by atoms with van der Waals surface area (Å²) in [5.74, 6) is 3.56. The van der Waals surface area contributed by atoms with Crippen molar-refractivity contribution in [1.82, 2.24) is 29.6 Å². The number of aliphatic hydroxyl groups is 1. The van der Waals surface area contributed by atoms with E-state index in [4.69, 9.17) is 5.73 Å². The van der Waals surface area contributed by atoms with E-state index < -0.39 is 0 Å². The van der Waals surface area contributed by atoms with Crippen LogP contribution < -0.4 is 10.6 Å². The van der Waals surface area contributed by atoms with Gasteiger partial charge < -0.3 is 20.3 Å². The highest BCUT2D eigenvalue weighted by atomic mass is 16.3. The molecule has 0 bridgehead atoms. The molecule has 0 amide bonds. The van der Waals surface area contributed by atoms with Crippen molar-refractivity contribution in [3.8, 4) is 0 Å². The third-order valence-corrected chi connectivity index (χ3v) is 5.89. The lowest BCUT2D eigenvalue weighted by atomic mass is 9.97. The lowest BCUT2D eigenvalue weighted by Crippen LogP contribution is -2.37. The molecule has 4 rings (SSSR count). The molecule has 2 fully saturated rings. The first kappa shape index (κ1) is 19.1. The third kappa shape index (κ3) is 4.10. The average Bonchev–Trinajstić information content (AvgIpc) is 3.03. The largest absolute Gasteiger partial charge is 0.393 e. The highest BCUT2D eigenvalue weighted by molar-refractivity contribution is 5.44. The average molecular weight is 387 g/mol. The summed E-state index contributed by atoms with van der Waals surface area (Å²) < 4.78 is 2.15. The summed E-state index contributed by atoms with van der Waals surface area (Å²) in [5.41, 5.74) is 6.73. The van der Waals surface area contributed by atoms with E-state index in [0.717, 1.165) is 81.6 Å². The number of nitrogens with two attached hydrogens (primary N) is 1. The maximum Gasteiger partial charge on any atom is 0.222 e. The van der Waals surface area contributed by atoms with E-state index >= 15 is 0 Å². The van der Waals surface area contributed by atoms with Gasteiger partial charge in [0.15, 0.2) is 0 Å². The molecule has 0 aromatic carbocycles. The van der Waals surface area contributed by atoms with Crippen molar-refractivity contribution < 1.29 is 5.11 Å². The number of aliphatic hydroxyl groups excluding tert-OH is 1. The van der Waals surface area contributed by atoms with Crippen LogP contribution in [0.4, 0.5) is 11.8 Å². The molecule has 0 aliphatic carbocycles. The van der Waals surface area contributed by atoms with Crippen molar-refractivity contribution in [3.63, 3.8) is 0 Å². The molecule has 152 valence electrons. The summed E-state index contributed by atoms with van der Waals surface area (Å²) in [6, 6.07) is 1.99. The normalized spacial score (nSPS) is 22.0. The van der Waals surface area contributed by atoms with Crippen LogP contribution in [-0.4, -0.2) is 67.0 Å². The molecule has 2 aliphatic rings. The Kier molecular flexibility index (Phi) is 5.45. The van der Waals surface area contributed by atoms with Crippen LogP contribution in [0.3, 0.4) is 0 Å². The molecule has 1 atom stereocenters. The predicted molar refractivity (Wildman–Crippen MR) is 107 cm³/mol. The number of likely N-dealkylation sites (tertiary alicyclic amines) is 1. The minimum absolute atomic E-state index is 0.154. The van der Waals surface area contributed by atoms with Gasteiger partial charge in [-0.2, -0.15) is 4.98 Å². The van der Waals surface area contributed by atoms with Crippen molar-refractivity contribution in [3.05, 3.63) is 23.4 Å². The maximum absolute atomic E-state index is 9.69. The number of piperidine rings is 2. The molecule has 4 heterocycles. The van der Waals surface area contributed by atoms with E-state index in [1.54, 1.807) is 0 Å². The van der Waals surface area contributed by atoms with Crippen LogP contribution in [0.2, 0.25) is 0 Å². The molecule has 3 N–H and O–H groups in total. The Labute approximate surface area is 165 Å². The molecule has 0 radical (unpaired) electrons. The summed E-state index contributed by atoms with van der Waals surface area (Å²) in [5, 5.41) is 18.7. The van der Waals surface area contributed by atoms with Gasteiger partial charge >= 0.3 is 0 Å². The van der Waals surface area contributed by atoms with Gasteiger partial charge in [0.2, 0.25) is 5.95 Å². The number of aromatic nitrogens is 5. The summed E-state index contributed by atoms with van der Waals surface area (Å²) in [6.07, 6.45) is 3.70. The van der Waals surface area contributed by atoms with E-state index in [1.165, 1.54) is 0 Å². The molecule has 2 saturated heterocycles. The van der Waals surface area contributed by atoms with Gasteiger partial charge in [-0.15, -0.1) is 10.2 Å². The van der Waals surface area contributed by atoms with Gasteiger partial charge in [-0.1, -0.05) is 0 Å². The molecule has 28 heavy (non-hydrogen) atoms. The SMILES string of the molecule is Cc1cc(N2CCC[C@@H](c3nnc(CN4CCC(O)CC4)n3C)C2)nc(N)n1. The van der Waals surface area contributed by atoms with Gasteiger partial charge in [0.1, 0.15) is 17.5 Å². The number of nitrogen functional groups attached to an aromatic ring is 1. The van der Waals surface area contributed by atoms with Crippen molar-refractivity contribution in [2.75, 3.05) is 36.8 Å². The van der Waals surface area contributed by atoms with Gasteiger partial charge in [-0.25, -0.2) is 4.98 Å².